The van der Waals surface area contributed by atoms with E-state index in [0.29, 0.717) is 19.3 Å². The van der Waals surface area contributed by atoms with Crippen LogP contribution in [0.4, 0.5) is 0 Å². The largest absolute Gasteiger partial charge is 0.462 e. The summed E-state index contributed by atoms with van der Waals surface area (Å²) in [6.45, 7) is 6.62. The molecule has 0 aromatic heterocycles. The Balaban J connectivity index is 4.35. The van der Waals surface area contributed by atoms with E-state index in [4.69, 9.17) is 14.2 Å². The average Bonchev–Trinajstić information content (AvgIpc) is 3.23. The number of ether oxygens (including phenoxy) is 3. The molecule has 0 rings (SSSR count). The molecular weight excluding hydrogens is 733 g/mol. The fraction of sp³-hybridized carbons (Fsp3) is 0.868. The second-order valence-electron chi connectivity index (χ2n) is 17.5. The van der Waals surface area contributed by atoms with Crippen molar-refractivity contribution in [2.45, 2.75) is 284 Å². The van der Waals surface area contributed by atoms with Gasteiger partial charge in [0.2, 0.25) is 0 Å². The summed E-state index contributed by atoms with van der Waals surface area (Å²) in [6.07, 6.45) is 54.5. The molecule has 0 aliphatic heterocycles. The quantitative estimate of drug-likeness (QED) is 0.0263. The number of allylic oxidation sites excluding steroid dienone is 4. The minimum Gasteiger partial charge on any atom is -0.462 e. The molecule has 0 aromatic carbocycles. The number of esters is 3. The van der Waals surface area contributed by atoms with Crippen LogP contribution in [0.1, 0.15) is 278 Å². The minimum absolute atomic E-state index is 0.0751. The van der Waals surface area contributed by atoms with Gasteiger partial charge in [-0.2, -0.15) is 0 Å². The van der Waals surface area contributed by atoms with E-state index < -0.39 is 6.10 Å². The molecule has 0 heterocycles. The second kappa shape index (κ2) is 48.6. The second-order valence-corrected chi connectivity index (χ2v) is 17.5. The van der Waals surface area contributed by atoms with Gasteiger partial charge >= 0.3 is 17.9 Å². The Morgan fingerprint density at radius 2 is 0.593 bits per heavy atom. The van der Waals surface area contributed by atoms with Crippen LogP contribution in [-0.4, -0.2) is 37.2 Å². The molecule has 0 bridgehead atoms. The maximum Gasteiger partial charge on any atom is 0.306 e. The van der Waals surface area contributed by atoms with Gasteiger partial charge in [-0.25, -0.2) is 0 Å². The zero-order valence-corrected chi connectivity index (χ0v) is 39.5. The predicted molar refractivity (Wildman–Crippen MR) is 252 cm³/mol. The van der Waals surface area contributed by atoms with E-state index in [1.807, 2.05) is 0 Å². The fourth-order valence-corrected chi connectivity index (χ4v) is 7.55. The van der Waals surface area contributed by atoms with Crippen LogP contribution in [0.3, 0.4) is 0 Å². The molecule has 346 valence electrons. The lowest BCUT2D eigenvalue weighted by atomic mass is 10.0. The minimum atomic E-state index is -0.775. The lowest BCUT2D eigenvalue weighted by molar-refractivity contribution is -0.167. The van der Waals surface area contributed by atoms with E-state index in [-0.39, 0.29) is 31.1 Å². The van der Waals surface area contributed by atoms with E-state index >= 15 is 0 Å². The molecule has 0 amide bonds. The first-order valence-corrected chi connectivity index (χ1v) is 25.9. The Bertz CT molecular complexity index is 958. The van der Waals surface area contributed by atoms with Crippen LogP contribution in [-0.2, 0) is 28.6 Å². The van der Waals surface area contributed by atoms with Gasteiger partial charge in [0, 0.05) is 19.3 Å². The Hall–Kier alpha value is -2.11. The first-order chi connectivity index (χ1) is 29.0. The lowest BCUT2D eigenvalue weighted by Gasteiger charge is -2.18. The first kappa shape index (κ1) is 56.9. The van der Waals surface area contributed by atoms with Crippen LogP contribution >= 0.6 is 0 Å². The molecule has 0 saturated carbocycles. The fourth-order valence-electron chi connectivity index (χ4n) is 7.55. The summed E-state index contributed by atoms with van der Waals surface area (Å²) in [4.78, 5) is 37.9. The van der Waals surface area contributed by atoms with Gasteiger partial charge in [0.1, 0.15) is 13.2 Å². The average molecular weight is 831 g/mol. The van der Waals surface area contributed by atoms with Crippen molar-refractivity contribution >= 4 is 17.9 Å². The number of rotatable bonds is 47. The third-order valence-corrected chi connectivity index (χ3v) is 11.5. The van der Waals surface area contributed by atoms with Crippen molar-refractivity contribution in [1.29, 1.82) is 0 Å². The normalized spacial score (nSPS) is 12.1. The monoisotopic (exact) mass is 831 g/mol. The van der Waals surface area contributed by atoms with Crippen molar-refractivity contribution < 1.29 is 28.6 Å². The summed E-state index contributed by atoms with van der Waals surface area (Å²) >= 11 is 0. The van der Waals surface area contributed by atoms with Crippen LogP contribution in [0.25, 0.3) is 0 Å². The third kappa shape index (κ3) is 46.8. The standard InChI is InChI=1S/C53H98O6/c1-4-7-10-13-16-19-22-24-26-28-29-31-34-37-40-43-46-52(55)58-49-50(48-57-51(54)45-42-39-36-33-21-18-15-12-9-6-3)59-53(56)47-44-41-38-35-32-30-27-25-23-20-17-14-11-8-5-2/h26,28-29,31,50H,4-25,27,30,32-49H2,1-3H3/b28-26-,31-29-. The van der Waals surface area contributed by atoms with E-state index in [2.05, 4.69) is 45.1 Å². The smallest absolute Gasteiger partial charge is 0.306 e. The summed E-state index contributed by atoms with van der Waals surface area (Å²) in [5, 5.41) is 0. The molecule has 0 aliphatic carbocycles. The van der Waals surface area contributed by atoms with Crippen molar-refractivity contribution in [2.75, 3.05) is 13.2 Å². The molecule has 0 N–H and O–H groups in total. The van der Waals surface area contributed by atoms with Gasteiger partial charge in [-0.05, 0) is 44.9 Å². The molecule has 59 heavy (non-hydrogen) atoms. The van der Waals surface area contributed by atoms with Crippen LogP contribution in [0, 0.1) is 0 Å². The van der Waals surface area contributed by atoms with Gasteiger partial charge in [-0.15, -0.1) is 0 Å². The van der Waals surface area contributed by atoms with Gasteiger partial charge in [0.05, 0.1) is 0 Å². The van der Waals surface area contributed by atoms with Gasteiger partial charge in [0.15, 0.2) is 6.10 Å². The Kier molecular flexibility index (Phi) is 46.8. The summed E-state index contributed by atoms with van der Waals surface area (Å²) in [5.41, 5.74) is 0. The van der Waals surface area contributed by atoms with Crippen LogP contribution in [0.15, 0.2) is 24.3 Å². The lowest BCUT2D eigenvalue weighted by Crippen LogP contribution is -2.30. The molecule has 1 atom stereocenters. The molecule has 0 saturated heterocycles. The SMILES string of the molecule is CCCCCCCCC/C=C\C=C/CCCCCC(=O)OCC(COC(=O)CCCCCCCCCCCC)OC(=O)CCCCCCCCCCCCCCCCC. The van der Waals surface area contributed by atoms with Crippen LogP contribution < -0.4 is 0 Å². The number of carbonyl (C=O) groups is 3. The van der Waals surface area contributed by atoms with Crippen molar-refractivity contribution in [3.05, 3.63) is 24.3 Å². The van der Waals surface area contributed by atoms with Gasteiger partial charge in [-0.3, -0.25) is 14.4 Å². The summed E-state index contributed by atoms with van der Waals surface area (Å²) in [7, 11) is 0. The number of carbonyl (C=O) groups excluding carboxylic acids is 3. The van der Waals surface area contributed by atoms with E-state index in [1.54, 1.807) is 0 Å². The maximum absolute atomic E-state index is 12.8. The highest BCUT2D eigenvalue weighted by atomic mass is 16.6. The summed E-state index contributed by atoms with van der Waals surface area (Å²) in [5.74, 6) is -0.891. The van der Waals surface area contributed by atoms with Crippen LogP contribution in [0.2, 0.25) is 0 Å². The Labute approximate surface area is 366 Å². The topological polar surface area (TPSA) is 78.9 Å². The highest BCUT2D eigenvalue weighted by molar-refractivity contribution is 5.71. The molecule has 6 heteroatoms. The Morgan fingerprint density at radius 3 is 0.915 bits per heavy atom. The molecule has 6 nitrogen and oxygen atoms in total. The molecule has 0 radical (unpaired) electrons. The first-order valence-electron chi connectivity index (χ1n) is 25.9. The number of hydrogen-bond acceptors (Lipinski definition) is 6. The molecule has 0 spiro atoms. The summed E-state index contributed by atoms with van der Waals surface area (Å²) < 4.78 is 16.8. The van der Waals surface area contributed by atoms with Crippen molar-refractivity contribution in [2.24, 2.45) is 0 Å². The van der Waals surface area contributed by atoms with Crippen molar-refractivity contribution in [3.63, 3.8) is 0 Å². The molecule has 1 unspecified atom stereocenters. The molecule has 0 fully saturated rings. The van der Waals surface area contributed by atoms with Gasteiger partial charge in [0.25, 0.3) is 0 Å². The van der Waals surface area contributed by atoms with Crippen molar-refractivity contribution in [3.8, 4) is 0 Å². The van der Waals surface area contributed by atoms with E-state index in [1.165, 1.54) is 167 Å². The zero-order chi connectivity index (χ0) is 43.0. The zero-order valence-electron chi connectivity index (χ0n) is 39.5. The highest BCUT2D eigenvalue weighted by Gasteiger charge is 2.19. The van der Waals surface area contributed by atoms with Crippen LogP contribution in [0.5, 0.6) is 0 Å². The Morgan fingerprint density at radius 1 is 0.339 bits per heavy atom. The predicted octanol–water partition coefficient (Wildman–Crippen LogP) is 16.8. The van der Waals surface area contributed by atoms with E-state index in [9.17, 15) is 14.4 Å². The highest BCUT2D eigenvalue weighted by Crippen LogP contribution is 2.16. The van der Waals surface area contributed by atoms with E-state index in [0.717, 1.165) is 70.6 Å². The van der Waals surface area contributed by atoms with Gasteiger partial charge in [-0.1, -0.05) is 238 Å². The molecule has 0 aliphatic rings. The third-order valence-electron chi connectivity index (χ3n) is 11.5. The summed E-state index contributed by atoms with van der Waals surface area (Å²) in [6, 6.07) is 0. The van der Waals surface area contributed by atoms with Crippen molar-refractivity contribution in [1.82, 2.24) is 0 Å². The van der Waals surface area contributed by atoms with Gasteiger partial charge < -0.3 is 14.2 Å². The number of hydrogen-bond donors (Lipinski definition) is 0. The maximum atomic E-state index is 12.8. The molecular formula is C53H98O6. The molecule has 0 aromatic rings. The number of unbranched alkanes of at least 4 members (excludes halogenated alkanes) is 33.